The highest BCUT2D eigenvalue weighted by Gasteiger charge is 2.24. The highest BCUT2D eigenvalue weighted by atomic mass is 32.2. The number of para-hydroxylation sites is 3. The SMILES string of the molecule is C=CCSc1ccccc1NC(=O)C[NH+]1CCN(c2ccccc2OCC)CC1. The van der Waals surface area contributed by atoms with Crippen LogP contribution in [-0.4, -0.2) is 51.0 Å². The lowest BCUT2D eigenvalue weighted by Gasteiger charge is -2.34. The first-order valence-corrected chi connectivity index (χ1v) is 11.1. The zero-order valence-corrected chi connectivity index (χ0v) is 17.8. The third-order valence-corrected chi connectivity index (χ3v) is 5.97. The Balaban J connectivity index is 1.52. The van der Waals surface area contributed by atoms with Crippen LogP contribution in [0.5, 0.6) is 5.75 Å². The number of rotatable bonds is 9. The van der Waals surface area contributed by atoms with E-state index in [1.165, 1.54) is 4.90 Å². The molecule has 1 aliphatic heterocycles. The van der Waals surface area contributed by atoms with E-state index >= 15 is 0 Å². The zero-order chi connectivity index (χ0) is 20.5. The van der Waals surface area contributed by atoms with Crippen molar-refractivity contribution in [1.29, 1.82) is 0 Å². The number of nitrogens with zero attached hydrogens (tertiary/aromatic N) is 1. The Morgan fingerprint density at radius 3 is 2.69 bits per heavy atom. The van der Waals surface area contributed by atoms with E-state index in [0.29, 0.717) is 13.2 Å². The molecule has 1 amide bonds. The number of quaternary nitrogens is 1. The van der Waals surface area contributed by atoms with Gasteiger partial charge in [-0.05, 0) is 31.2 Å². The predicted molar refractivity (Wildman–Crippen MR) is 121 cm³/mol. The lowest BCUT2D eigenvalue weighted by Crippen LogP contribution is -3.15. The van der Waals surface area contributed by atoms with Crippen LogP contribution in [0, 0.1) is 0 Å². The molecule has 3 rings (SSSR count). The molecule has 6 heteroatoms. The minimum atomic E-state index is 0.0646. The first kappa shape index (κ1) is 21.3. The molecule has 0 saturated carbocycles. The Hall–Kier alpha value is -2.44. The second kappa shape index (κ2) is 10.9. The number of benzene rings is 2. The Bertz CT molecular complexity index is 819. The molecule has 0 atom stereocenters. The summed E-state index contributed by atoms with van der Waals surface area (Å²) in [5.74, 6) is 1.82. The van der Waals surface area contributed by atoms with Crippen molar-refractivity contribution < 1.29 is 14.4 Å². The minimum Gasteiger partial charge on any atom is -0.492 e. The average Bonchev–Trinajstić information content (AvgIpc) is 2.74. The number of carbonyl (C=O) groups is 1. The van der Waals surface area contributed by atoms with E-state index in [9.17, 15) is 4.79 Å². The van der Waals surface area contributed by atoms with Gasteiger partial charge in [-0.15, -0.1) is 18.3 Å². The number of amides is 1. The van der Waals surface area contributed by atoms with Gasteiger partial charge in [-0.1, -0.05) is 30.3 Å². The lowest BCUT2D eigenvalue weighted by atomic mass is 10.2. The van der Waals surface area contributed by atoms with Crippen LogP contribution in [0.2, 0.25) is 0 Å². The number of nitrogens with one attached hydrogen (secondary N) is 2. The molecule has 2 N–H and O–H groups in total. The fourth-order valence-corrected chi connectivity index (χ4v) is 4.25. The first-order chi connectivity index (χ1) is 14.2. The van der Waals surface area contributed by atoms with Crippen molar-refractivity contribution in [2.45, 2.75) is 11.8 Å². The van der Waals surface area contributed by atoms with Crippen LogP contribution in [0.15, 0.2) is 66.1 Å². The lowest BCUT2D eigenvalue weighted by molar-refractivity contribution is -0.892. The minimum absolute atomic E-state index is 0.0646. The first-order valence-electron chi connectivity index (χ1n) is 10.1. The van der Waals surface area contributed by atoms with Gasteiger partial charge in [-0.25, -0.2) is 0 Å². The van der Waals surface area contributed by atoms with Gasteiger partial charge in [0, 0.05) is 10.6 Å². The van der Waals surface area contributed by atoms with Crippen molar-refractivity contribution in [2.75, 3.05) is 55.3 Å². The fraction of sp³-hybridized carbons (Fsp3) is 0.348. The van der Waals surface area contributed by atoms with E-state index in [2.05, 4.69) is 22.9 Å². The van der Waals surface area contributed by atoms with E-state index in [1.54, 1.807) is 11.8 Å². The summed E-state index contributed by atoms with van der Waals surface area (Å²) in [5, 5.41) is 3.09. The number of hydrogen-bond acceptors (Lipinski definition) is 4. The van der Waals surface area contributed by atoms with Crippen molar-refractivity contribution in [2.24, 2.45) is 0 Å². The van der Waals surface area contributed by atoms with Gasteiger partial charge in [0.05, 0.1) is 44.2 Å². The van der Waals surface area contributed by atoms with Crippen molar-refractivity contribution in [3.63, 3.8) is 0 Å². The van der Waals surface area contributed by atoms with Gasteiger partial charge < -0.3 is 19.9 Å². The quantitative estimate of drug-likeness (QED) is 0.491. The second-order valence-electron chi connectivity index (χ2n) is 6.96. The third kappa shape index (κ3) is 6.02. The van der Waals surface area contributed by atoms with Gasteiger partial charge in [0.1, 0.15) is 5.75 Å². The van der Waals surface area contributed by atoms with Crippen molar-refractivity contribution in [3.8, 4) is 5.75 Å². The summed E-state index contributed by atoms with van der Waals surface area (Å²) in [5.41, 5.74) is 2.03. The highest BCUT2D eigenvalue weighted by Crippen LogP contribution is 2.28. The van der Waals surface area contributed by atoms with Crippen molar-refractivity contribution >= 4 is 29.0 Å². The van der Waals surface area contributed by atoms with Gasteiger partial charge in [0.15, 0.2) is 6.54 Å². The molecule has 0 aliphatic carbocycles. The molecule has 29 heavy (non-hydrogen) atoms. The molecule has 0 bridgehead atoms. The van der Waals surface area contributed by atoms with E-state index in [-0.39, 0.29) is 5.91 Å². The average molecular weight is 413 g/mol. The van der Waals surface area contributed by atoms with Crippen LogP contribution in [0.25, 0.3) is 0 Å². The largest absolute Gasteiger partial charge is 0.492 e. The van der Waals surface area contributed by atoms with Crippen molar-refractivity contribution in [3.05, 3.63) is 61.2 Å². The number of thioether (sulfide) groups is 1. The molecule has 0 unspecified atom stereocenters. The summed E-state index contributed by atoms with van der Waals surface area (Å²) in [6.45, 7) is 10.6. The molecular weight excluding hydrogens is 382 g/mol. The summed E-state index contributed by atoms with van der Waals surface area (Å²) < 4.78 is 5.77. The van der Waals surface area contributed by atoms with Crippen molar-refractivity contribution in [1.82, 2.24) is 0 Å². The molecule has 1 heterocycles. The Morgan fingerprint density at radius 2 is 1.93 bits per heavy atom. The smallest absolute Gasteiger partial charge is 0.279 e. The molecule has 1 saturated heterocycles. The molecule has 2 aromatic rings. The number of carbonyl (C=O) groups excluding carboxylic acids is 1. The van der Waals surface area contributed by atoms with E-state index in [1.807, 2.05) is 55.5 Å². The van der Waals surface area contributed by atoms with E-state index < -0.39 is 0 Å². The number of hydrogen-bond donors (Lipinski definition) is 2. The summed E-state index contributed by atoms with van der Waals surface area (Å²) in [7, 11) is 0. The van der Waals surface area contributed by atoms with Crippen LogP contribution in [0.4, 0.5) is 11.4 Å². The van der Waals surface area contributed by atoms with Gasteiger partial charge in [-0.3, -0.25) is 4.79 Å². The van der Waals surface area contributed by atoms with E-state index in [0.717, 1.165) is 54.0 Å². The molecule has 0 spiro atoms. The normalized spacial score (nSPS) is 14.4. The van der Waals surface area contributed by atoms with E-state index in [4.69, 9.17) is 4.74 Å². The zero-order valence-electron chi connectivity index (χ0n) is 17.0. The molecule has 0 radical (unpaired) electrons. The van der Waals surface area contributed by atoms with Crippen LogP contribution < -0.4 is 19.9 Å². The predicted octanol–water partition coefficient (Wildman–Crippen LogP) is 2.71. The number of anilines is 2. The fourth-order valence-electron chi connectivity index (χ4n) is 3.50. The summed E-state index contributed by atoms with van der Waals surface area (Å²) in [6.07, 6.45) is 1.87. The summed E-state index contributed by atoms with van der Waals surface area (Å²) >= 11 is 1.68. The van der Waals surface area contributed by atoms with Crippen LogP contribution in [0.1, 0.15) is 6.92 Å². The molecule has 2 aromatic carbocycles. The Labute approximate surface area is 177 Å². The third-order valence-electron chi connectivity index (χ3n) is 4.90. The maximum Gasteiger partial charge on any atom is 0.279 e. The maximum atomic E-state index is 12.6. The monoisotopic (exact) mass is 412 g/mol. The maximum absolute atomic E-state index is 12.6. The number of piperazine rings is 1. The molecule has 0 aromatic heterocycles. The molecule has 1 fully saturated rings. The van der Waals surface area contributed by atoms with Crippen LogP contribution in [0.3, 0.4) is 0 Å². The highest BCUT2D eigenvalue weighted by molar-refractivity contribution is 7.99. The second-order valence-corrected chi connectivity index (χ2v) is 8.02. The summed E-state index contributed by atoms with van der Waals surface area (Å²) in [6, 6.07) is 16.1. The molecule has 154 valence electrons. The molecule has 1 aliphatic rings. The standard InChI is InChI=1S/C23H29N3O2S/c1-3-17-29-22-12-8-5-9-19(22)24-23(27)18-25-13-15-26(16-14-25)20-10-6-7-11-21(20)28-4-2/h3,5-12H,1,4,13-18H2,2H3,(H,24,27)/p+1. The summed E-state index contributed by atoms with van der Waals surface area (Å²) in [4.78, 5) is 17.3. The number of ether oxygens (including phenoxy) is 1. The van der Waals surface area contributed by atoms with Crippen LogP contribution in [-0.2, 0) is 4.79 Å². The van der Waals surface area contributed by atoms with Gasteiger partial charge >= 0.3 is 0 Å². The molecule has 5 nitrogen and oxygen atoms in total. The Kier molecular flexibility index (Phi) is 8.02. The molecular formula is C23H30N3O2S+. The van der Waals surface area contributed by atoms with Crippen LogP contribution >= 0.6 is 11.8 Å². The van der Waals surface area contributed by atoms with Gasteiger partial charge in [0.2, 0.25) is 0 Å². The topological polar surface area (TPSA) is 46.0 Å². The Morgan fingerprint density at radius 1 is 1.21 bits per heavy atom. The van der Waals surface area contributed by atoms with Gasteiger partial charge in [0.25, 0.3) is 5.91 Å². The van der Waals surface area contributed by atoms with Gasteiger partial charge in [-0.2, -0.15) is 0 Å².